The van der Waals surface area contributed by atoms with Gasteiger partial charge in [0, 0.05) is 37.5 Å². The molecule has 0 amide bonds. The summed E-state index contributed by atoms with van der Waals surface area (Å²) in [5, 5.41) is 11.3. The first-order valence-corrected chi connectivity index (χ1v) is 10.1. The summed E-state index contributed by atoms with van der Waals surface area (Å²) in [6.07, 6.45) is 1.41. The fraction of sp³-hybridized carbons (Fsp3) is 0.364. The van der Waals surface area contributed by atoms with Gasteiger partial charge >= 0.3 is 5.97 Å². The molecular formula is C22H25N3O7. The van der Waals surface area contributed by atoms with Crippen LogP contribution in [0.15, 0.2) is 46.6 Å². The van der Waals surface area contributed by atoms with Gasteiger partial charge in [-0.25, -0.2) is 4.79 Å². The van der Waals surface area contributed by atoms with E-state index in [1.807, 2.05) is 6.92 Å². The van der Waals surface area contributed by atoms with Crippen LogP contribution in [0.3, 0.4) is 0 Å². The quantitative estimate of drug-likeness (QED) is 0.373. The van der Waals surface area contributed by atoms with Crippen molar-refractivity contribution in [2.45, 2.75) is 32.2 Å². The number of carbonyl (C=O) groups excluding carboxylic acids is 1. The van der Waals surface area contributed by atoms with Crippen molar-refractivity contribution in [3.63, 3.8) is 0 Å². The van der Waals surface area contributed by atoms with Gasteiger partial charge in [-0.1, -0.05) is 25.5 Å². The molecule has 0 radical (unpaired) electrons. The Kier molecular flexibility index (Phi) is 6.94. The van der Waals surface area contributed by atoms with E-state index in [9.17, 15) is 19.7 Å². The number of non-ortho nitro benzene ring substituents is 1. The van der Waals surface area contributed by atoms with E-state index in [4.69, 9.17) is 19.9 Å². The normalized spacial score (nSPS) is 15.2. The Morgan fingerprint density at radius 1 is 1.31 bits per heavy atom. The van der Waals surface area contributed by atoms with Crippen LogP contribution in [-0.2, 0) is 27.2 Å². The highest BCUT2D eigenvalue weighted by molar-refractivity contribution is 5.92. The van der Waals surface area contributed by atoms with Crippen molar-refractivity contribution in [2.24, 2.45) is 5.73 Å². The molecule has 1 aromatic carbocycles. The van der Waals surface area contributed by atoms with Crippen LogP contribution < -0.4 is 16.0 Å². The fourth-order valence-electron chi connectivity index (χ4n) is 3.87. The third-order valence-electron chi connectivity index (χ3n) is 5.29. The molecular weight excluding hydrogens is 418 g/mol. The van der Waals surface area contributed by atoms with Crippen LogP contribution in [0, 0.1) is 10.1 Å². The van der Waals surface area contributed by atoms with Crippen LogP contribution in [0.25, 0.3) is 0 Å². The van der Waals surface area contributed by atoms with Crippen LogP contribution in [0.1, 0.15) is 36.1 Å². The molecule has 0 fully saturated rings. The van der Waals surface area contributed by atoms with E-state index in [0.717, 1.165) is 12.1 Å². The molecule has 170 valence electrons. The van der Waals surface area contributed by atoms with Crippen molar-refractivity contribution < 1.29 is 23.9 Å². The second-order valence-corrected chi connectivity index (χ2v) is 7.27. The van der Waals surface area contributed by atoms with Gasteiger partial charge in [-0.2, -0.15) is 0 Å². The van der Waals surface area contributed by atoms with Crippen LogP contribution in [0.4, 0.5) is 5.69 Å². The monoisotopic (exact) mass is 443 g/mol. The van der Waals surface area contributed by atoms with E-state index in [2.05, 4.69) is 0 Å². The van der Waals surface area contributed by atoms with Gasteiger partial charge in [0.25, 0.3) is 11.2 Å². The lowest BCUT2D eigenvalue weighted by Gasteiger charge is -2.29. The van der Waals surface area contributed by atoms with Crippen LogP contribution in [0.2, 0.25) is 0 Å². The molecule has 10 nitrogen and oxygen atoms in total. The van der Waals surface area contributed by atoms with Gasteiger partial charge < -0.3 is 24.5 Å². The number of nitrogens with two attached hydrogens (primary N) is 1. The largest absolute Gasteiger partial charge is 0.465 e. The van der Waals surface area contributed by atoms with Gasteiger partial charge in [0.2, 0.25) is 5.88 Å². The lowest BCUT2D eigenvalue weighted by molar-refractivity contribution is -0.384. The maximum Gasteiger partial charge on any atom is 0.340 e. The zero-order valence-corrected chi connectivity index (χ0v) is 18.1. The predicted molar refractivity (Wildman–Crippen MR) is 115 cm³/mol. The maximum atomic E-state index is 13.7. The lowest BCUT2D eigenvalue weighted by atomic mass is 9.83. The topological polar surface area (TPSA) is 136 Å². The Hall–Kier alpha value is -3.66. The highest BCUT2D eigenvalue weighted by Crippen LogP contribution is 2.42. The number of methoxy groups -OCH3 is 2. The molecule has 2 aromatic rings. The Morgan fingerprint density at radius 2 is 2.06 bits per heavy atom. The molecule has 10 heteroatoms. The van der Waals surface area contributed by atoms with E-state index in [1.165, 1.54) is 32.4 Å². The van der Waals surface area contributed by atoms with Crippen LogP contribution >= 0.6 is 0 Å². The Balaban J connectivity index is 2.33. The number of pyridine rings is 1. The molecule has 2 heterocycles. The molecule has 1 unspecified atom stereocenters. The van der Waals surface area contributed by atoms with Crippen LogP contribution in [-0.4, -0.2) is 36.3 Å². The molecule has 1 aliphatic rings. The summed E-state index contributed by atoms with van der Waals surface area (Å²) in [6, 6.07) is 7.45. The Bertz CT molecular complexity index is 1140. The number of benzene rings is 1. The van der Waals surface area contributed by atoms with E-state index in [-0.39, 0.29) is 34.0 Å². The maximum absolute atomic E-state index is 13.7. The van der Waals surface area contributed by atoms with E-state index >= 15 is 0 Å². The molecule has 1 atom stereocenters. The van der Waals surface area contributed by atoms with Crippen molar-refractivity contribution in [1.29, 1.82) is 0 Å². The first-order chi connectivity index (χ1) is 15.3. The number of aryl methyl sites for hydroxylation is 1. The number of hydrogen-bond acceptors (Lipinski definition) is 8. The molecule has 0 saturated carbocycles. The highest BCUT2D eigenvalue weighted by atomic mass is 16.6. The Morgan fingerprint density at radius 3 is 2.69 bits per heavy atom. The number of esters is 1. The standard InChI is InChI=1S/C22H25N3O7/c1-4-6-14-12-16-18(21(26)24(14)9-10-30-2)17(19(20(23)32-16)22(27)31-3)13-7-5-8-15(11-13)25(28)29/h5,7-8,11-12,17H,4,6,9-10,23H2,1-3H3. The summed E-state index contributed by atoms with van der Waals surface area (Å²) in [5.41, 5.74) is 6.69. The fourth-order valence-corrected chi connectivity index (χ4v) is 3.87. The molecule has 0 aliphatic carbocycles. The van der Waals surface area contributed by atoms with E-state index < -0.39 is 16.8 Å². The lowest BCUT2D eigenvalue weighted by Crippen LogP contribution is -2.36. The van der Waals surface area contributed by atoms with E-state index in [1.54, 1.807) is 16.7 Å². The summed E-state index contributed by atoms with van der Waals surface area (Å²) in [5.74, 6) is -1.78. The van der Waals surface area contributed by atoms with Gasteiger partial charge in [-0.15, -0.1) is 0 Å². The highest BCUT2D eigenvalue weighted by Gasteiger charge is 2.38. The minimum absolute atomic E-state index is 0.0841. The number of ether oxygens (including phenoxy) is 3. The van der Waals surface area contributed by atoms with Crippen molar-refractivity contribution >= 4 is 11.7 Å². The minimum atomic E-state index is -0.997. The van der Waals surface area contributed by atoms with Crippen molar-refractivity contribution in [3.8, 4) is 5.75 Å². The van der Waals surface area contributed by atoms with Gasteiger partial charge in [-0.05, 0) is 12.0 Å². The zero-order chi connectivity index (χ0) is 23.4. The minimum Gasteiger partial charge on any atom is -0.465 e. The average molecular weight is 443 g/mol. The second-order valence-electron chi connectivity index (χ2n) is 7.27. The molecule has 2 N–H and O–H groups in total. The number of rotatable bonds is 8. The number of nitro benzene ring substituents is 1. The van der Waals surface area contributed by atoms with Gasteiger partial charge in [0.1, 0.15) is 11.3 Å². The van der Waals surface area contributed by atoms with E-state index in [0.29, 0.717) is 25.1 Å². The summed E-state index contributed by atoms with van der Waals surface area (Å²) in [6.45, 7) is 2.59. The van der Waals surface area contributed by atoms with Gasteiger partial charge in [0.05, 0.1) is 30.1 Å². The predicted octanol–water partition coefficient (Wildman–Crippen LogP) is 2.22. The Labute approximate surface area is 184 Å². The van der Waals surface area contributed by atoms with Crippen molar-refractivity contribution in [2.75, 3.05) is 20.8 Å². The molecule has 3 rings (SSSR count). The molecule has 0 saturated heterocycles. The number of hydrogen-bond donors (Lipinski definition) is 1. The molecule has 0 bridgehead atoms. The third-order valence-corrected chi connectivity index (χ3v) is 5.29. The molecule has 0 spiro atoms. The second kappa shape index (κ2) is 9.65. The van der Waals surface area contributed by atoms with Crippen molar-refractivity contribution in [1.82, 2.24) is 4.57 Å². The van der Waals surface area contributed by atoms with Gasteiger partial charge in [0.15, 0.2) is 0 Å². The number of nitrogens with zero attached hydrogens (tertiary/aromatic N) is 2. The first kappa shape index (κ1) is 23.0. The summed E-state index contributed by atoms with van der Waals surface area (Å²) >= 11 is 0. The molecule has 1 aromatic heterocycles. The molecule has 1 aliphatic heterocycles. The van der Waals surface area contributed by atoms with Crippen molar-refractivity contribution in [3.05, 3.63) is 79.1 Å². The van der Waals surface area contributed by atoms with Crippen LogP contribution in [0.5, 0.6) is 5.75 Å². The number of fused-ring (bicyclic) bond motifs is 1. The zero-order valence-electron chi connectivity index (χ0n) is 18.1. The first-order valence-electron chi connectivity index (χ1n) is 10.1. The number of carbonyl (C=O) groups is 1. The SMILES string of the molecule is CCCc1cc2c(c(=O)n1CCOC)C(c1cccc([N+](=O)[O-])c1)C(C(=O)OC)=C(N)O2. The third kappa shape index (κ3) is 4.22. The summed E-state index contributed by atoms with van der Waals surface area (Å²) in [7, 11) is 2.72. The summed E-state index contributed by atoms with van der Waals surface area (Å²) < 4.78 is 17.3. The molecule has 32 heavy (non-hydrogen) atoms. The number of nitro groups is 1. The van der Waals surface area contributed by atoms with Gasteiger partial charge in [-0.3, -0.25) is 14.9 Å². The average Bonchev–Trinajstić information content (AvgIpc) is 2.77. The summed E-state index contributed by atoms with van der Waals surface area (Å²) in [4.78, 5) is 37.1. The smallest absolute Gasteiger partial charge is 0.340 e. The number of aromatic nitrogens is 1.